The van der Waals surface area contributed by atoms with Crippen molar-refractivity contribution in [1.29, 1.82) is 0 Å². The molecule has 30 heavy (non-hydrogen) atoms. The van der Waals surface area contributed by atoms with Gasteiger partial charge in [0, 0.05) is 44.0 Å². The average Bonchev–Trinajstić information content (AvgIpc) is 3.27. The molecule has 2 fully saturated rings. The number of likely N-dealkylation sites (tertiary alicyclic amines) is 1. The minimum Gasteiger partial charge on any atom is -0.497 e. The highest BCUT2D eigenvalue weighted by Gasteiger charge is 2.32. The summed E-state index contributed by atoms with van der Waals surface area (Å²) in [4.78, 5) is 24.0. The Morgan fingerprint density at radius 3 is 2.60 bits per heavy atom. The number of hydrogen-bond acceptors (Lipinski definition) is 6. The lowest BCUT2D eigenvalue weighted by Crippen LogP contribution is -2.51. The third-order valence-corrected chi connectivity index (χ3v) is 6.10. The summed E-state index contributed by atoms with van der Waals surface area (Å²) in [6.45, 7) is 4.46. The Balaban J connectivity index is 1.39. The Bertz CT molecular complexity index is 853. The van der Waals surface area contributed by atoms with Crippen molar-refractivity contribution in [1.82, 2.24) is 14.8 Å². The molecule has 0 radical (unpaired) electrons. The molecule has 0 bridgehead atoms. The molecular formula is C23H30N4O3. The Morgan fingerprint density at radius 2 is 1.90 bits per heavy atom. The summed E-state index contributed by atoms with van der Waals surface area (Å²) >= 11 is 0. The van der Waals surface area contributed by atoms with Gasteiger partial charge in [-0.1, -0.05) is 6.07 Å². The molecule has 2 aliphatic heterocycles. The maximum atomic E-state index is 13.0. The molecule has 1 aromatic heterocycles. The van der Waals surface area contributed by atoms with E-state index in [1.165, 1.54) is 0 Å². The largest absolute Gasteiger partial charge is 0.497 e. The molecule has 1 aromatic carbocycles. The molecule has 160 valence electrons. The van der Waals surface area contributed by atoms with Gasteiger partial charge >= 0.3 is 0 Å². The third kappa shape index (κ3) is 4.36. The van der Waals surface area contributed by atoms with Gasteiger partial charge < -0.3 is 19.3 Å². The van der Waals surface area contributed by atoms with Crippen molar-refractivity contribution < 1.29 is 14.3 Å². The summed E-state index contributed by atoms with van der Waals surface area (Å²) in [6.07, 6.45) is 3.91. The number of pyridine rings is 1. The molecule has 2 saturated heterocycles. The molecule has 0 spiro atoms. The van der Waals surface area contributed by atoms with Crippen molar-refractivity contribution in [3.63, 3.8) is 0 Å². The molecule has 1 amide bonds. The predicted molar refractivity (Wildman–Crippen MR) is 116 cm³/mol. The number of anilines is 1. The summed E-state index contributed by atoms with van der Waals surface area (Å²) in [7, 11) is 3.36. The van der Waals surface area contributed by atoms with Crippen LogP contribution in [-0.2, 0) is 4.79 Å². The molecule has 0 aliphatic carbocycles. The fourth-order valence-electron chi connectivity index (χ4n) is 4.47. The zero-order chi connectivity index (χ0) is 20.9. The SMILES string of the molecule is COc1ccc(OC)c([C@@H]2CCCN2CC(=O)N2CCN(c3ccccn3)CC2)c1. The van der Waals surface area contributed by atoms with Crippen molar-refractivity contribution in [3.05, 3.63) is 48.2 Å². The smallest absolute Gasteiger partial charge is 0.236 e. The molecule has 4 rings (SSSR count). The van der Waals surface area contributed by atoms with E-state index < -0.39 is 0 Å². The van der Waals surface area contributed by atoms with Crippen LogP contribution in [0.5, 0.6) is 11.5 Å². The molecule has 2 aromatic rings. The van der Waals surface area contributed by atoms with Crippen LogP contribution < -0.4 is 14.4 Å². The predicted octanol–water partition coefficient (Wildman–Crippen LogP) is 2.58. The maximum Gasteiger partial charge on any atom is 0.236 e. The van der Waals surface area contributed by atoms with Gasteiger partial charge in [-0.15, -0.1) is 0 Å². The van der Waals surface area contributed by atoms with Gasteiger partial charge in [0.15, 0.2) is 0 Å². The molecule has 3 heterocycles. The Morgan fingerprint density at radius 1 is 1.07 bits per heavy atom. The highest BCUT2D eigenvalue weighted by molar-refractivity contribution is 5.78. The first-order chi connectivity index (χ1) is 14.7. The molecule has 7 nitrogen and oxygen atoms in total. The lowest BCUT2D eigenvalue weighted by molar-refractivity contribution is -0.133. The summed E-state index contributed by atoms with van der Waals surface area (Å²) in [5, 5.41) is 0. The van der Waals surface area contributed by atoms with Crippen LogP contribution in [-0.4, -0.2) is 74.2 Å². The standard InChI is InChI=1S/C23H30N4O3/c1-29-18-8-9-21(30-2)19(16-18)20-6-5-11-27(20)17-23(28)26-14-12-25(13-15-26)22-7-3-4-10-24-22/h3-4,7-10,16,20H,5-6,11-15,17H2,1-2H3/t20-/m0/s1. The molecule has 2 aliphatic rings. The molecule has 1 atom stereocenters. The van der Waals surface area contributed by atoms with Gasteiger partial charge in [0.1, 0.15) is 17.3 Å². The number of ether oxygens (including phenoxy) is 2. The normalized spacial score (nSPS) is 19.7. The van der Waals surface area contributed by atoms with Crippen LogP contribution in [0.25, 0.3) is 0 Å². The van der Waals surface area contributed by atoms with Crippen LogP contribution in [0.1, 0.15) is 24.4 Å². The van der Waals surface area contributed by atoms with Crippen LogP contribution in [0.4, 0.5) is 5.82 Å². The lowest BCUT2D eigenvalue weighted by atomic mass is 10.0. The van der Waals surface area contributed by atoms with E-state index in [-0.39, 0.29) is 11.9 Å². The number of carbonyl (C=O) groups excluding carboxylic acids is 1. The average molecular weight is 411 g/mol. The summed E-state index contributed by atoms with van der Waals surface area (Å²) in [5.41, 5.74) is 1.10. The third-order valence-electron chi connectivity index (χ3n) is 6.10. The minimum absolute atomic E-state index is 0.175. The van der Waals surface area contributed by atoms with Crippen LogP contribution in [0.15, 0.2) is 42.6 Å². The Kier molecular flexibility index (Phi) is 6.38. The van der Waals surface area contributed by atoms with Crippen molar-refractivity contribution in [2.24, 2.45) is 0 Å². The van der Waals surface area contributed by atoms with Gasteiger partial charge in [0.2, 0.25) is 5.91 Å². The van der Waals surface area contributed by atoms with Gasteiger partial charge in [-0.25, -0.2) is 4.98 Å². The monoisotopic (exact) mass is 410 g/mol. The van der Waals surface area contributed by atoms with Crippen LogP contribution in [0.3, 0.4) is 0 Å². The molecule has 0 unspecified atom stereocenters. The van der Waals surface area contributed by atoms with Crippen molar-refractivity contribution in [2.45, 2.75) is 18.9 Å². The van der Waals surface area contributed by atoms with Crippen LogP contribution >= 0.6 is 0 Å². The van der Waals surface area contributed by atoms with E-state index in [0.29, 0.717) is 6.54 Å². The number of amides is 1. The second kappa shape index (κ2) is 9.34. The topological polar surface area (TPSA) is 58.1 Å². The number of benzene rings is 1. The molecule has 0 N–H and O–H groups in total. The fourth-order valence-corrected chi connectivity index (χ4v) is 4.47. The van der Waals surface area contributed by atoms with Gasteiger partial charge in [0.05, 0.1) is 20.8 Å². The molecular weight excluding hydrogens is 380 g/mol. The van der Waals surface area contributed by atoms with Gasteiger partial charge in [-0.2, -0.15) is 0 Å². The highest BCUT2D eigenvalue weighted by Crippen LogP contribution is 2.38. The quantitative estimate of drug-likeness (QED) is 0.730. The maximum absolute atomic E-state index is 13.0. The first-order valence-electron chi connectivity index (χ1n) is 10.6. The van der Waals surface area contributed by atoms with Gasteiger partial charge in [-0.3, -0.25) is 9.69 Å². The van der Waals surface area contributed by atoms with E-state index in [0.717, 1.165) is 68.4 Å². The first kappa shape index (κ1) is 20.5. The second-order valence-electron chi connectivity index (χ2n) is 7.79. The number of piperazine rings is 1. The highest BCUT2D eigenvalue weighted by atomic mass is 16.5. The van der Waals surface area contributed by atoms with Crippen molar-refractivity contribution >= 4 is 11.7 Å². The van der Waals surface area contributed by atoms with E-state index in [1.54, 1.807) is 14.2 Å². The van der Waals surface area contributed by atoms with Gasteiger partial charge in [-0.05, 0) is 49.7 Å². The van der Waals surface area contributed by atoms with Crippen LogP contribution in [0, 0.1) is 0 Å². The summed E-state index contributed by atoms with van der Waals surface area (Å²) in [6, 6.07) is 12.0. The number of hydrogen-bond donors (Lipinski definition) is 0. The first-order valence-corrected chi connectivity index (χ1v) is 10.6. The Hall–Kier alpha value is -2.80. The van der Waals surface area contributed by atoms with E-state index >= 15 is 0 Å². The van der Waals surface area contributed by atoms with Crippen LogP contribution in [0.2, 0.25) is 0 Å². The zero-order valence-corrected chi connectivity index (χ0v) is 17.8. The molecule has 0 saturated carbocycles. The van der Waals surface area contributed by atoms with E-state index in [4.69, 9.17) is 9.47 Å². The number of nitrogens with zero attached hydrogens (tertiary/aromatic N) is 4. The molecule has 7 heteroatoms. The minimum atomic E-state index is 0.175. The Labute approximate surface area is 178 Å². The van der Waals surface area contributed by atoms with Crippen molar-refractivity contribution in [3.8, 4) is 11.5 Å². The van der Waals surface area contributed by atoms with E-state index in [9.17, 15) is 4.79 Å². The van der Waals surface area contributed by atoms with E-state index in [1.807, 2.05) is 47.5 Å². The lowest BCUT2D eigenvalue weighted by Gasteiger charge is -2.36. The summed E-state index contributed by atoms with van der Waals surface area (Å²) < 4.78 is 11.0. The summed E-state index contributed by atoms with van der Waals surface area (Å²) in [5.74, 6) is 2.84. The number of rotatable bonds is 6. The van der Waals surface area contributed by atoms with Gasteiger partial charge in [0.25, 0.3) is 0 Å². The van der Waals surface area contributed by atoms with E-state index in [2.05, 4.69) is 14.8 Å². The zero-order valence-electron chi connectivity index (χ0n) is 17.8. The second-order valence-corrected chi connectivity index (χ2v) is 7.79. The van der Waals surface area contributed by atoms with Crippen molar-refractivity contribution in [2.75, 3.05) is 58.4 Å². The number of carbonyl (C=O) groups is 1. The fraction of sp³-hybridized carbons (Fsp3) is 0.478. The number of methoxy groups -OCH3 is 2. The number of aromatic nitrogens is 1.